The highest BCUT2D eigenvalue weighted by atomic mass is 32.2. The molecule has 0 amide bonds. The number of rotatable bonds is 9. The number of carbonyl (C=O) groups is 1. The van der Waals surface area contributed by atoms with Crippen LogP contribution in [-0.4, -0.2) is 63.3 Å². The lowest BCUT2D eigenvalue weighted by atomic mass is 9.70. The van der Waals surface area contributed by atoms with Gasteiger partial charge in [0.2, 0.25) is 5.95 Å². The highest BCUT2D eigenvalue weighted by molar-refractivity contribution is 7.94. The van der Waals surface area contributed by atoms with Crippen LogP contribution in [-0.2, 0) is 30.5 Å². The van der Waals surface area contributed by atoms with E-state index in [4.69, 9.17) is 14.0 Å². The number of methoxy groups -OCH3 is 1. The first-order valence-corrected chi connectivity index (χ1v) is 14.2. The standard InChI is InChI=1S/C25H34BF3N4O6S/c1-8-16(4)31-21-15(3)12-30-23(32-21)33(40(35,36)25(27,28)29)18-10-17(9-2)20(19(11-18)22(34)37-7)26-38-13-24(5,6)14-39-26/h10-12,16H,8-9,13-14H2,1-7H3,(H,30,31,32). The quantitative estimate of drug-likeness (QED) is 0.342. The lowest BCUT2D eigenvalue weighted by Crippen LogP contribution is -2.50. The first-order valence-electron chi connectivity index (χ1n) is 12.8. The lowest BCUT2D eigenvalue weighted by molar-refractivity contribution is -0.0436. The van der Waals surface area contributed by atoms with E-state index in [2.05, 4.69) is 15.3 Å². The van der Waals surface area contributed by atoms with Crippen LogP contribution in [0.15, 0.2) is 18.3 Å². The summed E-state index contributed by atoms with van der Waals surface area (Å²) in [4.78, 5) is 21.0. The number of ether oxygens (including phenoxy) is 1. The molecule has 40 heavy (non-hydrogen) atoms. The molecule has 1 aliphatic rings. The molecule has 0 saturated carbocycles. The Bertz CT molecular complexity index is 1350. The predicted octanol–water partition coefficient (Wildman–Crippen LogP) is 4.10. The Hall–Kier alpha value is -2.91. The number of nitrogens with zero attached hydrogens (tertiary/aromatic N) is 3. The minimum atomic E-state index is -6.07. The van der Waals surface area contributed by atoms with Gasteiger partial charge >= 0.3 is 28.6 Å². The maximum Gasteiger partial charge on any atom is 0.517 e. The maximum atomic E-state index is 14.0. The van der Waals surface area contributed by atoms with Crippen molar-refractivity contribution in [2.45, 2.75) is 65.9 Å². The van der Waals surface area contributed by atoms with E-state index >= 15 is 0 Å². The zero-order valence-corrected chi connectivity index (χ0v) is 24.4. The fourth-order valence-corrected chi connectivity index (χ4v) is 4.89. The summed E-state index contributed by atoms with van der Waals surface area (Å²) in [6.45, 7) is 11.5. The molecule has 2 aromatic rings. The monoisotopic (exact) mass is 586 g/mol. The fourth-order valence-electron chi connectivity index (χ4n) is 4.00. The molecule has 1 N–H and O–H groups in total. The second-order valence-corrected chi connectivity index (χ2v) is 12.2. The number of alkyl halides is 3. The molecule has 0 radical (unpaired) electrons. The number of nitrogens with one attached hydrogen (secondary N) is 1. The normalized spacial score (nSPS) is 16.4. The average Bonchev–Trinajstić information content (AvgIpc) is 2.89. The molecule has 2 heterocycles. The van der Waals surface area contributed by atoms with Crippen molar-refractivity contribution in [2.75, 3.05) is 29.9 Å². The van der Waals surface area contributed by atoms with E-state index in [1.807, 2.05) is 27.7 Å². The maximum absolute atomic E-state index is 14.0. The topological polar surface area (TPSA) is 120 Å². The van der Waals surface area contributed by atoms with E-state index in [1.54, 1.807) is 13.8 Å². The molecule has 1 saturated heterocycles. The van der Waals surface area contributed by atoms with Crippen molar-refractivity contribution in [3.63, 3.8) is 0 Å². The number of carbonyl (C=O) groups excluding carboxylic acids is 1. The Labute approximate surface area is 232 Å². The molecule has 1 atom stereocenters. The largest absolute Gasteiger partial charge is 0.517 e. The van der Waals surface area contributed by atoms with Crippen LogP contribution in [0.3, 0.4) is 0 Å². The molecule has 15 heteroatoms. The number of anilines is 3. The Kier molecular flexibility index (Phi) is 9.42. The van der Waals surface area contributed by atoms with Crippen molar-refractivity contribution in [3.8, 4) is 0 Å². The molecule has 220 valence electrons. The van der Waals surface area contributed by atoms with Gasteiger partial charge in [0, 0.05) is 41.9 Å². The average molecular weight is 586 g/mol. The van der Waals surface area contributed by atoms with Crippen molar-refractivity contribution in [1.82, 2.24) is 9.97 Å². The van der Waals surface area contributed by atoms with Gasteiger partial charge in [-0.15, -0.1) is 0 Å². The van der Waals surface area contributed by atoms with Gasteiger partial charge in [-0.25, -0.2) is 9.78 Å². The van der Waals surface area contributed by atoms with E-state index in [1.165, 1.54) is 12.3 Å². The number of hydrogen-bond donors (Lipinski definition) is 1. The zero-order chi connectivity index (χ0) is 30.0. The highest BCUT2D eigenvalue weighted by Crippen LogP contribution is 2.37. The van der Waals surface area contributed by atoms with Gasteiger partial charge in [-0.1, -0.05) is 27.7 Å². The smallest absolute Gasteiger partial charge is 0.465 e. The van der Waals surface area contributed by atoms with Crippen molar-refractivity contribution >= 4 is 46.0 Å². The second-order valence-electron chi connectivity index (χ2n) is 10.4. The van der Waals surface area contributed by atoms with Gasteiger partial charge in [0.1, 0.15) is 5.82 Å². The number of aromatic nitrogens is 2. The summed E-state index contributed by atoms with van der Waals surface area (Å²) in [5.74, 6) is -1.47. The van der Waals surface area contributed by atoms with Gasteiger partial charge in [0.25, 0.3) is 0 Å². The lowest BCUT2D eigenvalue weighted by Gasteiger charge is -2.34. The van der Waals surface area contributed by atoms with Crippen molar-refractivity contribution in [3.05, 3.63) is 35.0 Å². The third-order valence-corrected chi connectivity index (χ3v) is 7.87. The SMILES string of the molecule is CCc1cc(N(c2ncc(C)c(NC(C)CC)n2)S(=O)(=O)C(F)(F)F)cc(C(=O)OC)c1B1OCC(C)(C)CO1. The molecule has 1 aromatic heterocycles. The van der Waals surface area contributed by atoms with Crippen LogP contribution in [0, 0.1) is 12.3 Å². The van der Waals surface area contributed by atoms with Crippen LogP contribution < -0.4 is 15.1 Å². The summed E-state index contributed by atoms with van der Waals surface area (Å²) in [5, 5.41) is 3.06. The fraction of sp³-hybridized carbons (Fsp3) is 0.560. The number of sulfonamides is 1. The number of esters is 1. The molecule has 0 spiro atoms. The van der Waals surface area contributed by atoms with Gasteiger partial charge in [0.15, 0.2) is 0 Å². The summed E-state index contributed by atoms with van der Waals surface area (Å²) >= 11 is 0. The van der Waals surface area contributed by atoms with Crippen molar-refractivity contribution in [1.29, 1.82) is 0 Å². The van der Waals surface area contributed by atoms with Gasteiger partial charge in [-0.2, -0.15) is 30.9 Å². The van der Waals surface area contributed by atoms with Crippen molar-refractivity contribution < 1.29 is 40.4 Å². The molecule has 0 bridgehead atoms. The minimum Gasteiger partial charge on any atom is -0.465 e. The minimum absolute atomic E-state index is 0.00465. The first-order chi connectivity index (χ1) is 18.6. The van der Waals surface area contributed by atoms with E-state index < -0.39 is 40.3 Å². The van der Waals surface area contributed by atoms with Crippen LogP contribution in [0.1, 0.15) is 62.5 Å². The molecule has 3 rings (SSSR count). The van der Waals surface area contributed by atoms with Gasteiger partial charge in [0.05, 0.1) is 18.4 Å². The van der Waals surface area contributed by atoms with Crippen LogP contribution in [0.2, 0.25) is 0 Å². The second kappa shape index (κ2) is 11.9. The van der Waals surface area contributed by atoms with E-state index in [-0.39, 0.29) is 39.0 Å². The third-order valence-electron chi connectivity index (χ3n) is 6.43. The van der Waals surface area contributed by atoms with Gasteiger partial charge < -0.3 is 19.4 Å². The predicted molar refractivity (Wildman–Crippen MR) is 145 cm³/mol. The molecular formula is C25H34BF3N4O6S. The number of benzene rings is 1. The summed E-state index contributed by atoms with van der Waals surface area (Å²) < 4.78 is 84.6. The summed E-state index contributed by atoms with van der Waals surface area (Å²) in [6, 6.07) is 2.13. The van der Waals surface area contributed by atoms with Gasteiger partial charge in [-0.05, 0) is 44.4 Å². The van der Waals surface area contributed by atoms with Crippen LogP contribution in [0.4, 0.5) is 30.6 Å². The zero-order valence-electron chi connectivity index (χ0n) is 23.5. The van der Waals surface area contributed by atoms with E-state index in [0.717, 1.165) is 13.2 Å². The summed E-state index contributed by atoms with van der Waals surface area (Å²) in [7, 11) is -5.98. The molecule has 0 aliphatic carbocycles. The highest BCUT2D eigenvalue weighted by Gasteiger charge is 2.52. The number of halogens is 3. The molecule has 1 unspecified atom stereocenters. The Morgan fingerprint density at radius 2 is 1.88 bits per heavy atom. The van der Waals surface area contributed by atoms with Crippen molar-refractivity contribution in [2.24, 2.45) is 5.41 Å². The molecule has 1 aliphatic heterocycles. The number of aryl methyl sites for hydroxylation is 2. The molecule has 1 aromatic carbocycles. The molecule has 1 fully saturated rings. The summed E-state index contributed by atoms with van der Waals surface area (Å²) in [5.41, 5.74) is -5.61. The van der Waals surface area contributed by atoms with Gasteiger partial charge in [-0.3, -0.25) is 0 Å². The Balaban J connectivity index is 2.29. The number of hydrogen-bond acceptors (Lipinski definition) is 9. The summed E-state index contributed by atoms with van der Waals surface area (Å²) in [6.07, 6.45) is 2.11. The van der Waals surface area contributed by atoms with Crippen LogP contribution >= 0.6 is 0 Å². The Morgan fingerprint density at radius 1 is 1.25 bits per heavy atom. The van der Waals surface area contributed by atoms with E-state index in [0.29, 0.717) is 30.8 Å². The first kappa shape index (κ1) is 31.6. The van der Waals surface area contributed by atoms with E-state index in [9.17, 15) is 26.4 Å². The third kappa shape index (κ3) is 6.52. The van der Waals surface area contributed by atoms with Crippen LogP contribution in [0.25, 0.3) is 0 Å². The Morgan fingerprint density at radius 3 is 2.40 bits per heavy atom. The molecular weight excluding hydrogens is 552 g/mol. The van der Waals surface area contributed by atoms with Crippen LogP contribution in [0.5, 0.6) is 0 Å². The molecule has 10 nitrogen and oxygen atoms in total.